The van der Waals surface area contributed by atoms with Gasteiger partial charge in [0.2, 0.25) is 0 Å². The van der Waals surface area contributed by atoms with E-state index < -0.39 is 0 Å². The highest BCUT2D eigenvalue weighted by atomic mass is 14.3. The Morgan fingerprint density at radius 3 is 2.00 bits per heavy atom. The maximum absolute atomic E-state index is 8.74. The zero-order chi connectivity index (χ0) is 12.3. The molecule has 0 aromatic heterocycles. The molecule has 1 nitrogen and oxygen atoms in total. The Hall–Kier alpha value is -0.510. The third-order valence-corrected chi connectivity index (χ3v) is 4.42. The van der Waals surface area contributed by atoms with Crippen molar-refractivity contribution in [2.45, 2.75) is 84.0 Å². The van der Waals surface area contributed by atoms with Crippen molar-refractivity contribution in [3.63, 3.8) is 0 Å². The molecule has 0 heterocycles. The van der Waals surface area contributed by atoms with Crippen LogP contribution in [0.2, 0.25) is 0 Å². The highest BCUT2D eigenvalue weighted by Gasteiger charge is 2.16. The second-order valence-corrected chi connectivity index (χ2v) is 5.84. The lowest BCUT2D eigenvalue weighted by Gasteiger charge is -2.24. The van der Waals surface area contributed by atoms with E-state index in [4.69, 9.17) is 5.26 Å². The van der Waals surface area contributed by atoms with Crippen LogP contribution in [0.25, 0.3) is 0 Å². The summed E-state index contributed by atoms with van der Waals surface area (Å²) in [5.74, 6) is 1.65. The van der Waals surface area contributed by atoms with E-state index in [0.717, 1.165) is 24.7 Å². The summed E-state index contributed by atoms with van der Waals surface area (Å²) in [5.41, 5.74) is 0. The monoisotopic (exact) mass is 235 g/mol. The van der Waals surface area contributed by atoms with Gasteiger partial charge < -0.3 is 0 Å². The Morgan fingerprint density at radius 1 is 0.882 bits per heavy atom. The lowest BCUT2D eigenvalue weighted by molar-refractivity contribution is 0.281. The van der Waals surface area contributed by atoms with E-state index in [1.807, 2.05) is 0 Å². The third-order valence-electron chi connectivity index (χ3n) is 4.42. The van der Waals surface area contributed by atoms with Crippen molar-refractivity contribution in [2.75, 3.05) is 0 Å². The summed E-state index contributed by atoms with van der Waals surface area (Å²) in [4.78, 5) is 0. The minimum atomic E-state index is 0.759. The summed E-state index contributed by atoms with van der Waals surface area (Å²) in [6, 6.07) is 2.32. The molecule has 0 aromatic rings. The van der Waals surface area contributed by atoms with Crippen LogP contribution in [0.4, 0.5) is 0 Å². The van der Waals surface area contributed by atoms with Crippen molar-refractivity contribution in [3.05, 3.63) is 0 Å². The molecule has 0 spiro atoms. The minimum absolute atomic E-state index is 0.759. The maximum atomic E-state index is 8.74. The molecular weight excluding hydrogens is 206 g/mol. The van der Waals surface area contributed by atoms with E-state index in [1.165, 1.54) is 64.2 Å². The van der Waals surface area contributed by atoms with Crippen molar-refractivity contribution >= 4 is 0 Å². The van der Waals surface area contributed by atoms with Crippen LogP contribution in [0.15, 0.2) is 0 Å². The quantitative estimate of drug-likeness (QED) is 0.623. The van der Waals surface area contributed by atoms with E-state index >= 15 is 0 Å². The summed E-state index contributed by atoms with van der Waals surface area (Å²) in [7, 11) is 0. The molecule has 0 amide bonds. The van der Waals surface area contributed by atoms with Gasteiger partial charge >= 0.3 is 0 Å². The molecule has 1 rings (SSSR count). The van der Waals surface area contributed by atoms with E-state index in [-0.39, 0.29) is 0 Å². The summed E-state index contributed by atoms with van der Waals surface area (Å²) < 4.78 is 0. The minimum Gasteiger partial charge on any atom is -0.198 e. The van der Waals surface area contributed by atoms with Gasteiger partial charge in [0, 0.05) is 6.42 Å². The van der Waals surface area contributed by atoms with E-state index in [2.05, 4.69) is 13.0 Å². The van der Waals surface area contributed by atoms with E-state index in [9.17, 15) is 0 Å². The molecule has 0 aromatic carbocycles. The molecule has 1 aliphatic rings. The smallest absolute Gasteiger partial charge is 0.0621 e. The van der Waals surface area contributed by atoms with Gasteiger partial charge in [0.25, 0.3) is 0 Å². The van der Waals surface area contributed by atoms with Gasteiger partial charge in [0.1, 0.15) is 0 Å². The topological polar surface area (TPSA) is 23.8 Å². The molecule has 2 atom stereocenters. The Bertz CT molecular complexity index is 216. The highest BCUT2D eigenvalue weighted by molar-refractivity contribution is 4.75. The Kier molecular flexibility index (Phi) is 8.14. The Morgan fingerprint density at radius 2 is 1.41 bits per heavy atom. The van der Waals surface area contributed by atoms with Crippen LogP contribution in [0.1, 0.15) is 84.0 Å². The molecule has 98 valence electrons. The zero-order valence-corrected chi connectivity index (χ0v) is 11.6. The molecule has 0 bridgehead atoms. The lowest BCUT2D eigenvalue weighted by Crippen LogP contribution is -2.12. The molecule has 2 unspecified atom stereocenters. The first kappa shape index (κ1) is 14.6. The molecule has 1 aliphatic carbocycles. The van der Waals surface area contributed by atoms with Crippen molar-refractivity contribution < 1.29 is 0 Å². The zero-order valence-electron chi connectivity index (χ0n) is 11.6. The average Bonchev–Trinajstić information content (AvgIpc) is 2.33. The second kappa shape index (κ2) is 9.51. The Labute approximate surface area is 108 Å². The molecule has 0 aliphatic heterocycles. The fourth-order valence-electron chi connectivity index (χ4n) is 3.13. The van der Waals surface area contributed by atoms with Gasteiger partial charge in [-0.3, -0.25) is 0 Å². The number of hydrogen-bond donors (Lipinski definition) is 0. The molecule has 17 heavy (non-hydrogen) atoms. The van der Waals surface area contributed by atoms with Crippen LogP contribution >= 0.6 is 0 Å². The fourth-order valence-corrected chi connectivity index (χ4v) is 3.13. The number of rotatable bonds is 2. The van der Waals surface area contributed by atoms with Crippen LogP contribution in [-0.2, 0) is 0 Å². The average molecular weight is 235 g/mol. The van der Waals surface area contributed by atoms with Crippen molar-refractivity contribution in [2.24, 2.45) is 11.8 Å². The van der Waals surface area contributed by atoms with Gasteiger partial charge in [-0.05, 0) is 18.3 Å². The van der Waals surface area contributed by atoms with Crippen molar-refractivity contribution in [3.8, 4) is 6.07 Å². The van der Waals surface area contributed by atoms with Gasteiger partial charge in [-0.15, -0.1) is 0 Å². The van der Waals surface area contributed by atoms with Gasteiger partial charge in [0.15, 0.2) is 0 Å². The van der Waals surface area contributed by atoms with Gasteiger partial charge in [0.05, 0.1) is 6.07 Å². The van der Waals surface area contributed by atoms with Crippen LogP contribution in [0.5, 0.6) is 0 Å². The van der Waals surface area contributed by atoms with Crippen LogP contribution in [-0.4, -0.2) is 0 Å². The molecule has 0 N–H and O–H groups in total. The summed E-state index contributed by atoms with van der Waals surface area (Å²) >= 11 is 0. The molecular formula is C16H29N. The number of nitrogens with zero attached hydrogens (tertiary/aromatic N) is 1. The highest BCUT2D eigenvalue weighted by Crippen LogP contribution is 2.29. The summed E-state index contributed by atoms with van der Waals surface area (Å²) in [6.45, 7) is 2.41. The predicted octanol–water partition coefficient (Wildman–Crippen LogP) is 5.46. The standard InChI is InChI=1S/C16H29N/c1-15-11-8-6-4-2-3-5-7-9-12-16(15)13-10-14-17/h15-16H,2-13H2,1H3. The molecule has 0 radical (unpaired) electrons. The second-order valence-electron chi connectivity index (χ2n) is 5.84. The van der Waals surface area contributed by atoms with Gasteiger partial charge in [-0.1, -0.05) is 71.1 Å². The number of nitriles is 1. The van der Waals surface area contributed by atoms with Crippen LogP contribution in [0.3, 0.4) is 0 Å². The van der Waals surface area contributed by atoms with E-state index in [1.54, 1.807) is 0 Å². The third kappa shape index (κ3) is 6.71. The molecule has 1 heteroatoms. The maximum Gasteiger partial charge on any atom is 0.0621 e. The molecule has 1 saturated carbocycles. The van der Waals surface area contributed by atoms with Crippen molar-refractivity contribution in [1.29, 1.82) is 5.26 Å². The molecule has 0 saturated heterocycles. The van der Waals surface area contributed by atoms with Gasteiger partial charge in [-0.25, -0.2) is 0 Å². The number of hydrogen-bond acceptors (Lipinski definition) is 1. The van der Waals surface area contributed by atoms with Crippen LogP contribution < -0.4 is 0 Å². The lowest BCUT2D eigenvalue weighted by atomic mass is 9.82. The van der Waals surface area contributed by atoms with E-state index in [0.29, 0.717) is 0 Å². The Balaban J connectivity index is 2.37. The first-order valence-electron chi connectivity index (χ1n) is 7.71. The first-order valence-corrected chi connectivity index (χ1v) is 7.71. The predicted molar refractivity (Wildman–Crippen MR) is 73.7 cm³/mol. The summed E-state index contributed by atoms with van der Waals surface area (Å²) in [5, 5.41) is 8.74. The van der Waals surface area contributed by atoms with Crippen molar-refractivity contribution in [1.82, 2.24) is 0 Å². The van der Waals surface area contributed by atoms with Crippen LogP contribution in [0, 0.1) is 23.2 Å². The largest absolute Gasteiger partial charge is 0.198 e. The van der Waals surface area contributed by atoms with Gasteiger partial charge in [-0.2, -0.15) is 5.26 Å². The molecule has 1 fully saturated rings. The fraction of sp³-hybridized carbons (Fsp3) is 0.938. The summed E-state index contributed by atoms with van der Waals surface area (Å²) in [6.07, 6.45) is 16.0. The normalized spacial score (nSPS) is 28.7. The SMILES string of the molecule is CC1CCCCCCCCCCC1CCC#N. The first-order chi connectivity index (χ1) is 8.34.